The fourth-order valence-corrected chi connectivity index (χ4v) is 3.36. The quantitative estimate of drug-likeness (QED) is 0.788. The van der Waals surface area contributed by atoms with E-state index in [1.807, 2.05) is 0 Å². The van der Waals surface area contributed by atoms with Crippen LogP contribution in [0.25, 0.3) is 6.08 Å². The van der Waals surface area contributed by atoms with Gasteiger partial charge in [0.1, 0.15) is 11.9 Å². The van der Waals surface area contributed by atoms with Crippen molar-refractivity contribution in [2.75, 3.05) is 32.8 Å². The van der Waals surface area contributed by atoms with Crippen LogP contribution >= 0.6 is 0 Å². The van der Waals surface area contributed by atoms with Gasteiger partial charge in [-0.3, -0.25) is 9.59 Å². The third-order valence-electron chi connectivity index (χ3n) is 4.71. The van der Waals surface area contributed by atoms with E-state index in [-0.39, 0.29) is 23.7 Å². The number of nitrogens with zero attached hydrogens (tertiary/aromatic N) is 2. The van der Waals surface area contributed by atoms with Gasteiger partial charge in [-0.05, 0) is 43.5 Å². The summed E-state index contributed by atoms with van der Waals surface area (Å²) in [6.07, 6.45) is 3.26. The Balaban J connectivity index is 1.71. The number of benzene rings is 1. The molecule has 134 valence electrons. The lowest BCUT2D eigenvalue weighted by molar-refractivity contribution is -0.144. The Bertz CT molecular complexity index is 666. The number of hydrogen-bond donors (Lipinski definition) is 0. The molecular weight excluding hydrogens is 323 g/mol. The highest BCUT2D eigenvalue weighted by Gasteiger charge is 2.37. The molecule has 1 aromatic rings. The zero-order valence-corrected chi connectivity index (χ0v) is 14.4. The van der Waals surface area contributed by atoms with E-state index in [2.05, 4.69) is 0 Å². The maximum absolute atomic E-state index is 13.0. The summed E-state index contributed by atoms with van der Waals surface area (Å²) in [7, 11) is 0. The van der Waals surface area contributed by atoms with Gasteiger partial charge < -0.3 is 14.5 Å². The van der Waals surface area contributed by atoms with Gasteiger partial charge in [0, 0.05) is 25.2 Å². The molecule has 3 rings (SSSR count). The zero-order valence-electron chi connectivity index (χ0n) is 14.4. The Morgan fingerprint density at radius 1 is 1.16 bits per heavy atom. The summed E-state index contributed by atoms with van der Waals surface area (Å²) in [4.78, 5) is 29.0. The van der Waals surface area contributed by atoms with E-state index in [1.54, 1.807) is 34.9 Å². The first-order valence-corrected chi connectivity index (χ1v) is 8.67. The molecule has 1 atom stereocenters. The summed E-state index contributed by atoms with van der Waals surface area (Å²) in [5.41, 5.74) is 1.32. The van der Waals surface area contributed by atoms with Gasteiger partial charge in [0.2, 0.25) is 11.8 Å². The van der Waals surface area contributed by atoms with E-state index in [0.717, 1.165) is 12.0 Å². The number of likely N-dealkylation sites (tertiary alicyclic amines) is 1. The molecule has 0 N–H and O–H groups in total. The molecule has 0 aromatic heterocycles. The minimum absolute atomic E-state index is 0.0173. The van der Waals surface area contributed by atoms with Crippen LogP contribution in [0.2, 0.25) is 0 Å². The summed E-state index contributed by atoms with van der Waals surface area (Å²) in [6, 6.07) is 5.61. The molecular formula is C19H23FN2O3. The monoisotopic (exact) mass is 346 g/mol. The average Bonchev–Trinajstić information content (AvgIpc) is 3.12. The molecule has 2 fully saturated rings. The highest BCUT2D eigenvalue weighted by atomic mass is 19.1. The number of rotatable bonds is 3. The van der Waals surface area contributed by atoms with Gasteiger partial charge in [0.05, 0.1) is 13.2 Å². The van der Waals surface area contributed by atoms with Crippen LogP contribution in [0, 0.1) is 5.82 Å². The first-order chi connectivity index (χ1) is 12.1. The lowest BCUT2D eigenvalue weighted by Gasteiger charge is -2.32. The Labute approximate surface area is 147 Å². The molecule has 0 spiro atoms. The van der Waals surface area contributed by atoms with Gasteiger partial charge in [0.15, 0.2) is 0 Å². The van der Waals surface area contributed by atoms with Crippen LogP contribution in [0.4, 0.5) is 4.39 Å². The summed E-state index contributed by atoms with van der Waals surface area (Å²) < 4.78 is 18.3. The number of amides is 2. The smallest absolute Gasteiger partial charge is 0.250 e. The Morgan fingerprint density at radius 2 is 1.84 bits per heavy atom. The van der Waals surface area contributed by atoms with Crippen LogP contribution in [-0.2, 0) is 14.3 Å². The zero-order chi connectivity index (χ0) is 17.8. The van der Waals surface area contributed by atoms with Gasteiger partial charge in [-0.15, -0.1) is 0 Å². The van der Waals surface area contributed by atoms with Crippen LogP contribution in [0.5, 0.6) is 0 Å². The molecule has 2 aliphatic heterocycles. The van der Waals surface area contributed by atoms with E-state index in [0.29, 0.717) is 44.8 Å². The molecule has 2 saturated heterocycles. The van der Waals surface area contributed by atoms with Crippen LogP contribution in [-0.4, -0.2) is 60.5 Å². The maximum Gasteiger partial charge on any atom is 0.250 e. The van der Waals surface area contributed by atoms with E-state index in [1.165, 1.54) is 12.1 Å². The van der Waals surface area contributed by atoms with E-state index >= 15 is 0 Å². The highest BCUT2D eigenvalue weighted by Crippen LogP contribution is 2.23. The normalized spacial score (nSPS) is 21.5. The molecule has 1 aromatic carbocycles. The fraction of sp³-hybridized carbons (Fsp3) is 0.474. The Hall–Kier alpha value is -2.21. The molecule has 0 bridgehead atoms. The summed E-state index contributed by atoms with van der Waals surface area (Å²) in [5, 5.41) is 0. The molecule has 6 heteroatoms. The third kappa shape index (κ3) is 4.07. The predicted molar refractivity (Wildman–Crippen MR) is 92.2 cm³/mol. The largest absolute Gasteiger partial charge is 0.378 e. The summed E-state index contributed by atoms with van der Waals surface area (Å²) in [6.45, 7) is 4.60. The van der Waals surface area contributed by atoms with Crippen molar-refractivity contribution in [3.05, 3.63) is 41.2 Å². The van der Waals surface area contributed by atoms with Crippen molar-refractivity contribution >= 4 is 17.9 Å². The second kappa shape index (κ2) is 7.78. The molecule has 0 radical (unpaired) electrons. The fourth-order valence-electron chi connectivity index (χ4n) is 3.36. The molecule has 0 saturated carbocycles. The average molecular weight is 346 g/mol. The van der Waals surface area contributed by atoms with Gasteiger partial charge in [-0.1, -0.05) is 12.1 Å². The highest BCUT2D eigenvalue weighted by molar-refractivity contribution is 6.00. The van der Waals surface area contributed by atoms with Crippen molar-refractivity contribution in [2.45, 2.75) is 25.8 Å². The van der Waals surface area contributed by atoms with Gasteiger partial charge in [-0.25, -0.2) is 4.39 Å². The molecule has 1 unspecified atom stereocenters. The number of halogens is 1. The minimum Gasteiger partial charge on any atom is -0.378 e. The SMILES string of the molecule is CC(=Cc1ccc(F)cc1)C(=O)N1CCCC1C(=O)N1CCOCC1. The number of morpholine rings is 1. The lowest BCUT2D eigenvalue weighted by Crippen LogP contribution is -2.51. The Kier molecular flexibility index (Phi) is 5.48. The van der Waals surface area contributed by atoms with E-state index < -0.39 is 0 Å². The van der Waals surface area contributed by atoms with Crippen molar-refractivity contribution in [2.24, 2.45) is 0 Å². The van der Waals surface area contributed by atoms with Crippen molar-refractivity contribution in [3.63, 3.8) is 0 Å². The number of carbonyl (C=O) groups is 2. The first-order valence-electron chi connectivity index (χ1n) is 8.67. The number of ether oxygens (including phenoxy) is 1. The second-order valence-corrected chi connectivity index (χ2v) is 6.47. The molecule has 25 heavy (non-hydrogen) atoms. The lowest BCUT2D eigenvalue weighted by atomic mass is 10.1. The summed E-state index contributed by atoms with van der Waals surface area (Å²) >= 11 is 0. The minimum atomic E-state index is -0.387. The van der Waals surface area contributed by atoms with Crippen LogP contribution in [0.1, 0.15) is 25.3 Å². The van der Waals surface area contributed by atoms with E-state index in [9.17, 15) is 14.0 Å². The number of carbonyl (C=O) groups excluding carboxylic acids is 2. The molecule has 2 amide bonds. The second-order valence-electron chi connectivity index (χ2n) is 6.47. The van der Waals surface area contributed by atoms with Gasteiger partial charge >= 0.3 is 0 Å². The van der Waals surface area contributed by atoms with Crippen molar-refractivity contribution in [3.8, 4) is 0 Å². The summed E-state index contributed by atoms with van der Waals surface area (Å²) in [5.74, 6) is -0.422. The standard InChI is InChI=1S/C19H23FN2O3/c1-14(13-15-4-6-16(20)7-5-15)18(23)22-8-2-3-17(22)19(24)21-9-11-25-12-10-21/h4-7,13,17H,2-3,8-12H2,1H3. The van der Waals surface area contributed by atoms with Crippen LogP contribution < -0.4 is 0 Å². The predicted octanol–water partition coefficient (Wildman–Crippen LogP) is 2.08. The van der Waals surface area contributed by atoms with Gasteiger partial charge in [-0.2, -0.15) is 0 Å². The van der Waals surface area contributed by atoms with Crippen molar-refractivity contribution in [1.82, 2.24) is 9.80 Å². The van der Waals surface area contributed by atoms with Gasteiger partial charge in [0.25, 0.3) is 0 Å². The van der Waals surface area contributed by atoms with Crippen LogP contribution in [0.3, 0.4) is 0 Å². The molecule has 2 aliphatic rings. The van der Waals surface area contributed by atoms with Crippen molar-refractivity contribution < 1.29 is 18.7 Å². The van der Waals surface area contributed by atoms with Crippen molar-refractivity contribution in [1.29, 1.82) is 0 Å². The molecule has 0 aliphatic carbocycles. The van der Waals surface area contributed by atoms with Crippen LogP contribution in [0.15, 0.2) is 29.8 Å². The third-order valence-corrected chi connectivity index (χ3v) is 4.71. The maximum atomic E-state index is 13.0. The number of hydrogen-bond acceptors (Lipinski definition) is 3. The topological polar surface area (TPSA) is 49.9 Å². The molecule has 2 heterocycles. The Morgan fingerprint density at radius 3 is 2.52 bits per heavy atom. The molecule has 5 nitrogen and oxygen atoms in total. The van der Waals surface area contributed by atoms with E-state index in [4.69, 9.17) is 4.74 Å². The first kappa shape index (κ1) is 17.6.